The van der Waals surface area contributed by atoms with E-state index in [1.54, 1.807) is 0 Å². The zero-order chi connectivity index (χ0) is 18.9. The minimum absolute atomic E-state index is 0.185. The van der Waals surface area contributed by atoms with Crippen LogP contribution >= 0.6 is 0 Å². The lowest BCUT2D eigenvalue weighted by Gasteiger charge is -2.41. The molecule has 3 aliphatic carbocycles. The predicted molar refractivity (Wildman–Crippen MR) is 112 cm³/mol. The molecule has 3 aromatic rings. The Morgan fingerprint density at radius 3 is 1.52 bits per heavy atom. The quantitative estimate of drug-likeness (QED) is 0.515. The molecule has 4 bridgehead atoms. The first-order chi connectivity index (χ1) is 14.3. The Labute approximate surface area is 171 Å². The van der Waals surface area contributed by atoms with Crippen molar-refractivity contribution in [2.75, 3.05) is 0 Å². The molecule has 29 heavy (non-hydrogen) atoms. The van der Waals surface area contributed by atoms with Crippen LogP contribution in [0, 0.1) is 22.7 Å². The molecule has 0 spiro atoms. The monoisotopic (exact) mass is 374 g/mol. The summed E-state index contributed by atoms with van der Waals surface area (Å²) >= 11 is 0. The molecule has 3 aromatic carbocycles. The van der Waals surface area contributed by atoms with E-state index in [-0.39, 0.29) is 22.0 Å². The zero-order valence-electron chi connectivity index (χ0n) is 16.2. The highest BCUT2D eigenvalue weighted by Crippen LogP contribution is 2.99. The molecule has 0 N–H and O–H groups in total. The second-order valence-electron chi connectivity index (χ2n) is 9.70. The van der Waals surface area contributed by atoms with Crippen molar-refractivity contribution in [3.05, 3.63) is 119 Å². The van der Waals surface area contributed by atoms with Crippen LogP contribution in [-0.2, 0) is 15.9 Å². The van der Waals surface area contributed by atoms with Crippen LogP contribution in [0.4, 0.5) is 0 Å². The fourth-order valence-corrected chi connectivity index (χ4v) is 8.54. The molecular weight excluding hydrogens is 352 g/mol. The molecule has 0 aromatic heterocycles. The van der Waals surface area contributed by atoms with Crippen LogP contribution in [0.3, 0.4) is 0 Å². The maximum atomic E-state index is 7.54. The number of rotatable bonds is 2. The van der Waals surface area contributed by atoms with E-state index < -0.39 is 0 Å². The smallest absolute Gasteiger partial charge is 0.127 e. The summed E-state index contributed by atoms with van der Waals surface area (Å²) in [5.74, 6) is 1.23. The number of allylic oxidation sites excluding steroid dienone is 2. The molecule has 2 aliphatic heterocycles. The van der Waals surface area contributed by atoms with Gasteiger partial charge >= 0.3 is 0 Å². The van der Waals surface area contributed by atoms with E-state index in [4.69, 9.17) is 4.74 Å². The van der Waals surface area contributed by atoms with Gasteiger partial charge in [-0.15, -0.1) is 0 Å². The van der Waals surface area contributed by atoms with E-state index in [1.807, 2.05) is 0 Å². The Balaban J connectivity index is 1.56. The van der Waals surface area contributed by atoms with Crippen LogP contribution in [0.2, 0.25) is 0 Å². The van der Waals surface area contributed by atoms with Crippen LogP contribution in [0.1, 0.15) is 35.1 Å². The molecule has 5 aliphatic rings. The molecular formula is C28H22O. The Morgan fingerprint density at radius 1 is 0.586 bits per heavy atom. The van der Waals surface area contributed by atoms with Crippen molar-refractivity contribution >= 4 is 0 Å². The van der Waals surface area contributed by atoms with E-state index in [0.717, 1.165) is 0 Å². The first-order valence-electron chi connectivity index (χ1n) is 10.9. The molecule has 140 valence electrons. The van der Waals surface area contributed by atoms with Gasteiger partial charge in [0.05, 0.1) is 0 Å². The lowest BCUT2D eigenvalue weighted by atomic mass is 9.57. The van der Waals surface area contributed by atoms with Gasteiger partial charge in [-0.3, -0.25) is 0 Å². The Bertz CT molecular complexity index is 1120. The third-order valence-electron chi connectivity index (χ3n) is 9.19. The number of ether oxygens (including phenoxy) is 1. The number of hydrogen-bond acceptors (Lipinski definition) is 1. The lowest BCUT2D eigenvalue weighted by Crippen LogP contribution is -2.42. The van der Waals surface area contributed by atoms with Gasteiger partial charge in [0.25, 0.3) is 0 Å². The number of benzene rings is 3. The first kappa shape index (κ1) is 15.2. The molecule has 3 fully saturated rings. The SMILES string of the molecule is C1=C[C@H]2C[C@@H]1[C@@]13C[C@@]21[C@@]1(c2ccccc2)O[C@]3(c2ccccc2)c2ccccc21. The summed E-state index contributed by atoms with van der Waals surface area (Å²) in [7, 11) is 0. The van der Waals surface area contributed by atoms with E-state index in [1.165, 1.54) is 35.1 Å². The summed E-state index contributed by atoms with van der Waals surface area (Å²) in [4.78, 5) is 0. The molecule has 2 heterocycles. The van der Waals surface area contributed by atoms with E-state index in [2.05, 4.69) is 97.1 Å². The summed E-state index contributed by atoms with van der Waals surface area (Å²) in [6, 6.07) is 31.3. The van der Waals surface area contributed by atoms with Gasteiger partial charge in [-0.05, 0) is 46.9 Å². The summed E-state index contributed by atoms with van der Waals surface area (Å²) in [5.41, 5.74) is 5.18. The predicted octanol–water partition coefficient (Wildman–Crippen LogP) is 5.80. The van der Waals surface area contributed by atoms with Gasteiger partial charge in [-0.1, -0.05) is 97.1 Å². The van der Waals surface area contributed by atoms with Crippen molar-refractivity contribution in [2.45, 2.75) is 24.0 Å². The molecule has 6 atom stereocenters. The highest BCUT2D eigenvalue weighted by atomic mass is 16.5. The molecule has 8 rings (SSSR count). The topological polar surface area (TPSA) is 9.23 Å². The van der Waals surface area contributed by atoms with Crippen molar-refractivity contribution in [1.82, 2.24) is 0 Å². The fraction of sp³-hybridized carbons (Fsp3) is 0.286. The van der Waals surface area contributed by atoms with Gasteiger partial charge < -0.3 is 4.74 Å². The molecule has 1 saturated heterocycles. The van der Waals surface area contributed by atoms with Gasteiger partial charge in [-0.25, -0.2) is 0 Å². The van der Waals surface area contributed by atoms with E-state index in [9.17, 15) is 0 Å². The summed E-state index contributed by atoms with van der Waals surface area (Å²) < 4.78 is 7.54. The minimum Gasteiger partial charge on any atom is -0.348 e. The fourth-order valence-electron chi connectivity index (χ4n) is 8.54. The van der Waals surface area contributed by atoms with Crippen molar-refractivity contribution in [2.24, 2.45) is 22.7 Å². The van der Waals surface area contributed by atoms with Crippen LogP contribution < -0.4 is 0 Å². The summed E-state index contributed by atoms with van der Waals surface area (Å²) in [5, 5.41) is 0. The molecule has 0 amide bonds. The van der Waals surface area contributed by atoms with Crippen molar-refractivity contribution in [1.29, 1.82) is 0 Å². The van der Waals surface area contributed by atoms with Crippen molar-refractivity contribution in [3.63, 3.8) is 0 Å². The minimum atomic E-state index is -0.342. The second-order valence-corrected chi connectivity index (χ2v) is 9.70. The average molecular weight is 374 g/mol. The van der Waals surface area contributed by atoms with Crippen LogP contribution in [0.25, 0.3) is 0 Å². The van der Waals surface area contributed by atoms with Crippen LogP contribution in [0.5, 0.6) is 0 Å². The Morgan fingerprint density at radius 2 is 1.03 bits per heavy atom. The second kappa shape index (κ2) is 4.42. The van der Waals surface area contributed by atoms with E-state index in [0.29, 0.717) is 11.8 Å². The van der Waals surface area contributed by atoms with Crippen molar-refractivity contribution < 1.29 is 4.74 Å². The van der Waals surface area contributed by atoms with Crippen LogP contribution in [0.15, 0.2) is 97.1 Å². The van der Waals surface area contributed by atoms with Crippen molar-refractivity contribution in [3.8, 4) is 0 Å². The van der Waals surface area contributed by atoms with Gasteiger partial charge in [0.2, 0.25) is 0 Å². The third kappa shape index (κ3) is 1.22. The third-order valence-corrected chi connectivity index (χ3v) is 9.19. The zero-order valence-corrected chi connectivity index (χ0v) is 16.2. The van der Waals surface area contributed by atoms with Gasteiger partial charge in [0, 0.05) is 10.8 Å². The summed E-state index contributed by atoms with van der Waals surface area (Å²) in [6.45, 7) is 0. The van der Waals surface area contributed by atoms with Gasteiger partial charge in [0.15, 0.2) is 0 Å². The number of fused-ring (bicyclic) bond motifs is 7. The number of hydrogen-bond donors (Lipinski definition) is 0. The maximum Gasteiger partial charge on any atom is 0.127 e. The molecule has 1 nitrogen and oxygen atoms in total. The highest BCUT2D eigenvalue weighted by Gasteiger charge is 2.98. The standard InChI is InChI=1S/C28H22O/c1-3-9-19(10-4-1)27-23-13-7-8-14-24(23)28(29-27,20-11-5-2-6-12-20)26-18-25(26,27)21-15-16-22(26)17-21/h1-16,21-22H,17-18H2/t21-,22+,25+,26-,27-,28+. The Hall–Kier alpha value is -2.64. The van der Waals surface area contributed by atoms with Gasteiger partial charge in [0.1, 0.15) is 11.2 Å². The molecule has 2 saturated carbocycles. The highest BCUT2D eigenvalue weighted by molar-refractivity contribution is 5.68. The summed E-state index contributed by atoms with van der Waals surface area (Å²) in [6.07, 6.45) is 7.60. The van der Waals surface area contributed by atoms with Gasteiger partial charge in [-0.2, -0.15) is 0 Å². The van der Waals surface area contributed by atoms with Crippen LogP contribution in [-0.4, -0.2) is 0 Å². The van der Waals surface area contributed by atoms with E-state index >= 15 is 0 Å². The largest absolute Gasteiger partial charge is 0.348 e. The average Bonchev–Trinajstić information content (AvgIpc) is 3.09. The lowest BCUT2D eigenvalue weighted by molar-refractivity contribution is -0.110. The maximum absolute atomic E-state index is 7.54. The molecule has 1 heteroatoms. The molecule has 0 unspecified atom stereocenters. The normalized spacial score (nSPS) is 43.9. The Kier molecular flexibility index (Phi) is 2.32. The first-order valence-corrected chi connectivity index (χ1v) is 10.9. The molecule has 0 radical (unpaired) electrons.